The molecule has 1 N–H and O–H groups in total. The lowest BCUT2D eigenvalue weighted by Crippen LogP contribution is -2.43. The van der Waals surface area contributed by atoms with Crippen molar-refractivity contribution in [2.24, 2.45) is 0 Å². The molecule has 1 aromatic carbocycles. The van der Waals surface area contributed by atoms with E-state index in [-0.39, 0.29) is 5.91 Å². The maximum Gasteiger partial charge on any atom is 0.243 e. The molecule has 1 unspecified atom stereocenters. The second-order valence-electron chi connectivity index (χ2n) is 4.07. The van der Waals surface area contributed by atoms with Gasteiger partial charge < -0.3 is 10.2 Å². The molecule has 0 aromatic heterocycles. The van der Waals surface area contributed by atoms with Crippen LogP contribution in [0, 0.1) is 0 Å². The average Bonchev–Trinajstić information content (AvgIpc) is 2.27. The van der Waals surface area contributed by atoms with E-state index >= 15 is 0 Å². The number of hydrogen-bond donors (Lipinski definition) is 1. The smallest absolute Gasteiger partial charge is 0.243 e. The van der Waals surface area contributed by atoms with Crippen LogP contribution in [-0.2, 0) is 4.79 Å². The minimum Gasteiger partial charge on any atom is -0.357 e. The van der Waals surface area contributed by atoms with E-state index in [1.165, 1.54) is 0 Å². The molecule has 1 amide bonds. The predicted octanol–water partition coefficient (Wildman–Crippen LogP) is 2.90. The number of nitrogens with zero attached hydrogens (tertiary/aromatic N) is 1. The summed E-state index contributed by atoms with van der Waals surface area (Å²) in [5.74, 6) is 0.0232. The Morgan fingerprint density at radius 3 is 3.00 bits per heavy atom. The molecule has 3 nitrogen and oxygen atoms in total. The summed E-state index contributed by atoms with van der Waals surface area (Å²) in [5, 5.41) is 3.54. The Kier molecular flexibility index (Phi) is 3.06. The van der Waals surface area contributed by atoms with Gasteiger partial charge in [0.25, 0.3) is 0 Å². The van der Waals surface area contributed by atoms with Gasteiger partial charge in [-0.2, -0.15) is 0 Å². The summed E-state index contributed by atoms with van der Waals surface area (Å²) in [4.78, 5) is 13.6. The molecule has 0 bridgehead atoms. The predicted molar refractivity (Wildman–Crippen MR) is 67.2 cm³/mol. The van der Waals surface area contributed by atoms with Crippen molar-refractivity contribution in [3.05, 3.63) is 23.2 Å². The minimum absolute atomic E-state index is 0.0232. The molecule has 1 heterocycles. The summed E-state index contributed by atoms with van der Waals surface area (Å²) in [5.41, 5.74) is 1.75. The highest BCUT2D eigenvalue weighted by atomic mass is 35.5. The van der Waals surface area contributed by atoms with Gasteiger partial charge in [-0.15, -0.1) is 0 Å². The first-order chi connectivity index (χ1) is 7.63. The van der Waals surface area contributed by atoms with Crippen LogP contribution in [0.4, 0.5) is 11.4 Å². The molecule has 1 aliphatic heterocycles. The quantitative estimate of drug-likeness (QED) is 0.859. The van der Waals surface area contributed by atoms with Gasteiger partial charge >= 0.3 is 0 Å². The van der Waals surface area contributed by atoms with E-state index < -0.39 is 0 Å². The fourth-order valence-electron chi connectivity index (χ4n) is 1.93. The lowest BCUT2D eigenvalue weighted by atomic mass is 10.1. The number of benzene rings is 1. The van der Waals surface area contributed by atoms with Crippen molar-refractivity contribution < 1.29 is 4.79 Å². The molecule has 86 valence electrons. The van der Waals surface area contributed by atoms with Crippen molar-refractivity contribution in [3.8, 4) is 0 Å². The van der Waals surface area contributed by atoms with E-state index in [0.717, 1.165) is 17.8 Å². The van der Waals surface area contributed by atoms with E-state index in [9.17, 15) is 4.79 Å². The monoisotopic (exact) mass is 238 g/mol. The Hall–Kier alpha value is -1.22. The second kappa shape index (κ2) is 4.34. The highest BCUT2D eigenvalue weighted by Crippen LogP contribution is 2.37. The molecule has 4 heteroatoms. The van der Waals surface area contributed by atoms with E-state index in [4.69, 9.17) is 11.6 Å². The van der Waals surface area contributed by atoms with Crippen LogP contribution in [0.3, 0.4) is 0 Å². The summed E-state index contributed by atoms with van der Waals surface area (Å²) in [7, 11) is 0. The van der Waals surface area contributed by atoms with Gasteiger partial charge in [0.15, 0.2) is 0 Å². The number of para-hydroxylation sites is 1. The second-order valence-corrected chi connectivity index (χ2v) is 4.48. The molecule has 0 radical (unpaired) electrons. The Morgan fingerprint density at radius 1 is 1.56 bits per heavy atom. The largest absolute Gasteiger partial charge is 0.357 e. The summed E-state index contributed by atoms with van der Waals surface area (Å²) in [6.07, 6.45) is 0.984. The van der Waals surface area contributed by atoms with Gasteiger partial charge in [-0.3, -0.25) is 4.79 Å². The lowest BCUT2D eigenvalue weighted by molar-refractivity contribution is -0.115. The van der Waals surface area contributed by atoms with E-state index in [1.54, 1.807) is 0 Å². The zero-order valence-electron chi connectivity index (χ0n) is 9.46. The normalized spacial score (nSPS) is 16.7. The van der Waals surface area contributed by atoms with Crippen molar-refractivity contribution in [2.45, 2.75) is 26.3 Å². The molecule has 16 heavy (non-hydrogen) atoms. The van der Waals surface area contributed by atoms with Gasteiger partial charge in [0.05, 0.1) is 22.9 Å². The van der Waals surface area contributed by atoms with Crippen LogP contribution in [-0.4, -0.2) is 18.5 Å². The first kappa shape index (κ1) is 11.3. The maximum absolute atomic E-state index is 11.6. The number of amides is 1. The van der Waals surface area contributed by atoms with E-state index in [0.29, 0.717) is 17.6 Å². The van der Waals surface area contributed by atoms with Crippen LogP contribution in [0.1, 0.15) is 20.3 Å². The van der Waals surface area contributed by atoms with Crippen LogP contribution in [0.15, 0.2) is 18.2 Å². The third kappa shape index (κ3) is 1.87. The number of anilines is 2. The topological polar surface area (TPSA) is 32.3 Å². The van der Waals surface area contributed by atoms with Crippen molar-refractivity contribution in [2.75, 3.05) is 16.8 Å². The van der Waals surface area contributed by atoms with E-state index in [1.807, 2.05) is 18.2 Å². The molecule has 1 aliphatic rings. The van der Waals surface area contributed by atoms with Crippen LogP contribution in [0.2, 0.25) is 5.02 Å². The zero-order valence-corrected chi connectivity index (χ0v) is 10.2. The summed E-state index contributed by atoms with van der Waals surface area (Å²) < 4.78 is 0. The summed E-state index contributed by atoms with van der Waals surface area (Å²) in [6, 6.07) is 5.90. The van der Waals surface area contributed by atoms with Crippen LogP contribution in [0.5, 0.6) is 0 Å². The molecular formula is C12H15ClN2O. The molecule has 1 atom stereocenters. The van der Waals surface area contributed by atoms with Crippen molar-refractivity contribution in [3.63, 3.8) is 0 Å². The van der Waals surface area contributed by atoms with Crippen LogP contribution in [0.25, 0.3) is 0 Å². The molecule has 2 rings (SSSR count). The van der Waals surface area contributed by atoms with Gasteiger partial charge in [0, 0.05) is 6.04 Å². The van der Waals surface area contributed by atoms with Crippen molar-refractivity contribution in [1.82, 2.24) is 0 Å². The minimum atomic E-state index is 0.0232. The van der Waals surface area contributed by atoms with E-state index in [2.05, 4.69) is 24.1 Å². The molecule has 1 aromatic rings. The number of rotatable bonds is 2. The van der Waals surface area contributed by atoms with Crippen molar-refractivity contribution >= 4 is 28.9 Å². The number of carbonyl (C=O) groups is 1. The first-order valence-corrected chi connectivity index (χ1v) is 5.86. The summed E-state index contributed by atoms with van der Waals surface area (Å²) in [6.45, 7) is 4.59. The number of halogens is 1. The molecule has 0 saturated carbocycles. The molecular weight excluding hydrogens is 224 g/mol. The summed E-state index contributed by atoms with van der Waals surface area (Å²) >= 11 is 6.19. The number of hydrogen-bond acceptors (Lipinski definition) is 2. The highest BCUT2D eigenvalue weighted by Gasteiger charge is 2.26. The van der Waals surface area contributed by atoms with Gasteiger partial charge in [-0.05, 0) is 25.5 Å². The molecule has 0 aliphatic carbocycles. The Morgan fingerprint density at radius 2 is 2.31 bits per heavy atom. The standard InChI is InChI=1S/C12H15ClN2O/c1-3-8(2)15-7-11(16)14-10-6-4-5-9(13)12(10)15/h4-6,8H,3,7H2,1-2H3,(H,14,16). The Labute approximate surface area is 100 Å². The SMILES string of the molecule is CCC(C)N1CC(=O)Nc2cccc(Cl)c21. The number of nitrogens with one attached hydrogen (secondary N) is 1. The number of fused-ring (bicyclic) bond motifs is 1. The third-order valence-electron chi connectivity index (χ3n) is 2.98. The highest BCUT2D eigenvalue weighted by molar-refractivity contribution is 6.34. The maximum atomic E-state index is 11.6. The molecule has 0 fully saturated rings. The van der Waals surface area contributed by atoms with Crippen LogP contribution >= 0.6 is 11.6 Å². The average molecular weight is 239 g/mol. The van der Waals surface area contributed by atoms with Crippen molar-refractivity contribution in [1.29, 1.82) is 0 Å². The third-order valence-corrected chi connectivity index (χ3v) is 3.29. The Balaban J connectivity index is 2.47. The Bertz CT molecular complexity index is 419. The molecule has 0 saturated heterocycles. The fourth-order valence-corrected chi connectivity index (χ4v) is 2.21. The molecule has 0 spiro atoms. The van der Waals surface area contributed by atoms with Gasteiger partial charge in [-0.1, -0.05) is 24.6 Å². The van der Waals surface area contributed by atoms with Crippen LogP contribution < -0.4 is 10.2 Å². The fraction of sp³-hybridized carbons (Fsp3) is 0.417. The van der Waals surface area contributed by atoms with Gasteiger partial charge in [0.1, 0.15) is 0 Å². The zero-order chi connectivity index (χ0) is 11.7. The first-order valence-electron chi connectivity index (χ1n) is 5.48. The van der Waals surface area contributed by atoms with Gasteiger partial charge in [-0.25, -0.2) is 0 Å². The lowest BCUT2D eigenvalue weighted by Gasteiger charge is -2.35. The number of carbonyl (C=O) groups excluding carboxylic acids is 1. The van der Waals surface area contributed by atoms with Gasteiger partial charge in [0.2, 0.25) is 5.91 Å².